The molecule has 0 spiro atoms. The van der Waals surface area contributed by atoms with Gasteiger partial charge in [0, 0.05) is 25.8 Å². The monoisotopic (exact) mass is 398 g/mol. The molecule has 1 fully saturated rings. The lowest BCUT2D eigenvalue weighted by Gasteiger charge is -2.46. The number of nitrogens with zero attached hydrogens (tertiary/aromatic N) is 2. The molecule has 9 heteroatoms. The first-order valence-electron chi connectivity index (χ1n) is 8.97. The molecule has 2 heterocycles. The van der Waals surface area contributed by atoms with Crippen molar-refractivity contribution in [1.82, 2.24) is 20.7 Å². The van der Waals surface area contributed by atoms with Crippen LogP contribution in [0, 0.1) is 11.8 Å². The number of pyridine rings is 1. The highest BCUT2D eigenvalue weighted by Crippen LogP contribution is 2.32. The third-order valence-corrected chi connectivity index (χ3v) is 5.15. The number of nitrogens with one attached hydrogen (secondary N) is 2. The summed E-state index contributed by atoms with van der Waals surface area (Å²) in [5.74, 6) is -2.24. The standard InChI is InChI=1S/C18H27ClN4O4/c1-11(2)8-13(15(24)16(25)22-27)17(26)23-7-6-20-10-18(23,3)14-5-4-12(19)9-21-14/h4-5,9,11,13,15,20,24,27H,6-8,10H2,1-3H3,(H,22,25)/t13-,15+,18+/m0/s1. The Kier molecular flexibility index (Phi) is 7.16. The minimum absolute atomic E-state index is 0.0721. The topological polar surface area (TPSA) is 115 Å². The van der Waals surface area contributed by atoms with E-state index >= 15 is 0 Å². The molecule has 150 valence electrons. The molecular formula is C18H27ClN4O4. The first-order valence-corrected chi connectivity index (χ1v) is 9.34. The molecule has 2 amide bonds. The molecule has 27 heavy (non-hydrogen) atoms. The Morgan fingerprint density at radius 1 is 1.44 bits per heavy atom. The Labute approximate surface area is 163 Å². The van der Waals surface area contributed by atoms with Crippen molar-refractivity contribution in [3.8, 4) is 0 Å². The summed E-state index contributed by atoms with van der Waals surface area (Å²) in [6.07, 6.45) is 0.197. The molecule has 1 aliphatic rings. The van der Waals surface area contributed by atoms with Gasteiger partial charge < -0.3 is 15.3 Å². The minimum atomic E-state index is -1.64. The minimum Gasteiger partial charge on any atom is -0.382 e. The molecule has 0 unspecified atom stereocenters. The van der Waals surface area contributed by atoms with Gasteiger partial charge >= 0.3 is 0 Å². The van der Waals surface area contributed by atoms with E-state index in [1.165, 1.54) is 11.7 Å². The van der Waals surface area contributed by atoms with Crippen LogP contribution in [0.25, 0.3) is 0 Å². The molecule has 0 aromatic carbocycles. The van der Waals surface area contributed by atoms with Gasteiger partial charge in [0.2, 0.25) is 5.91 Å². The molecule has 1 aromatic rings. The van der Waals surface area contributed by atoms with Crippen molar-refractivity contribution >= 4 is 23.4 Å². The van der Waals surface area contributed by atoms with E-state index in [0.29, 0.717) is 36.8 Å². The number of aliphatic hydroxyl groups excluding tert-OH is 1. The summed E-state index contributed by atoms with van der Waals surface area (Å²) in [6, 6.07) is 3.48. The van der Waals surface area contributed by atoms with Crippen molar-refractivity contribution < 1.29 is 19.9 Å². The van der Waals surface area contributed by atoms with Gasteiger partial charge in [0.05, 0.1) is 22.2 Å². The average Bonchev–Trinajstić information content (AvgIpc) is 2.65. The van der Waals surface area contributed by atoms with Crippen LogP contribution in [0.3, 0.4) is 0 Å². The van der Waals surface area contributed by atoms with Gasteiger partial charge in [0.15, 0.2) is 0 Å². The fraction of sp³-hybridized carbons (Fsp3) is 0.611. The molecule has 1 aliphatic heterocycles. The number of rotatable bonds is 6. The van der Waals surface area contributed by atoms with Gasteiger partial charge in [0.25, 0.3) is 5.91 Å². The highest BCUT2D eigenvalue weighted by atomic mass is 35.5. The van der Waals surface area contributed by atoms with E-state index in [2.05, 4.69) is 10.3 Å². The normalized spacial score (nSPS) is 22.4. The number of hydroxylamine groups is 1. The van der Waals surface area contributed by atoms with Crippen LogP contribution in [-0.2, 0) is 15.1 Å². The number of halogens is 1. The summed E-state index contributed by atoms with van der Waals surface area (Å²) < 4.78 is 0. The zero-order chi connectivity index (χ0) is 20.2. The van der Waals surface area contributed by atoms with Gasteiger partial charge in [-0.05, 0) is 31.4 Å². The largest absolute Gasteiger partial charge is 0.382 e. The van der Waals surface area contributed by atoms with E-state index in [1.807, 2.05) is 20.8 Å². The van der Waals surface area contributed by atoms with Crippen molar-refractivity contribution in [2.45, 2.75) is 38.8 Å². The van der Waals surface area contributed by atoms with Gasteiger partial charge in [-0.15, -0.1) is 0 Å². The van der Waals surface area contributed by atoms with E-state index in [4.69, 9.17) is 16.8 Å². The first kappa shape index (κ1) is 21.6. The Hall–Kier alpha value is -1.74. The van der Waals surface area contributed by atoms with E-state index in [1.54, 1.807) is 17.0 Å². The van der Waals surface area contributed by atoms with Gasteiger partial charge in [-0.2, -0.15) is 0 Å². The number of carbonyl (C=O) groups excluding carboxylic acids is 2. The summed E-state index contributed by atoms with van der Waals surface area (Å²) in [6.45, 7) is 7.17. The second-order valence-corrected chi connectivity index (χ2v) is 7.90. The van der Waals surface area contributed by atoms with Crippen LogP contribution in [0.15, 0.2) is 18.3 Å². The summed E-state index contributed by atoms with van der Waals surface area (Å²) >= 11 is 5.94. The summed E-state index contributed by atoms with van der Waals surface area (Å²) in [7, 11) is 0. The lowest BCUT2D eigenvalue weighted by Crippen LogP contribution is -2.62. The number of aromatic nitrogens is 1. The molecule has 8 nitrogen and oxygen atoms in total. The number of hydrogen-bond acceptors (Lipinski definition) is 6. The van der Waals surface area contributed by atoms with Crippen LogP contribution in [0.5, 0.6) is 0 Å². The van der Waals surface area contributed by atoms with Crippen LogP contribution in [0.1, 0.15) is 32.9 Å². The second-order valence-electron chi connectivity index (χ2n) is 7.46. The quantitative estimate of drug-likeness (QED) is 0.418. The van der Waals surface area contributed by atoms with E-state index < -0.39 is 23.5 Å². The third-order valence-electron chi connectivity index (χ3n) is 4.92. The molecule has 2 rings (SSSR count). The number of amides is 2. The highest BCUT2D eigenvalue weighted by molar-refractivity contribution is 6.30. The summed E-state index contributed by atoms with van der Waals surface area (Å²) in [5, 5.41) is 23.0. The van der Waals surface area contributed by atoms with E-state index in [-0.39, 0.29) is 11.8 Å². The number of piperazine rings is 1. The maximum atomic E-state index is 13.4. The molecule has 0 bridgehead atoms. The van der Waals surface area contributed by atoms with Crippen molar-refractivity contribution in [1.29, 1.82) is 0 Å². The van der Waals surface area contributed by atoms with Crippen LogP contribution >= 0.6 is 11.6 Å². The Morgan fingerprint density at radius 2 is 2.15 bits per heavy atom. The zero-order valence-corrected chi connectivity index (χ0v) is 16.5. The lowest BCUT2D eigenvalue weighted by atomic mass is 9.86. The van der Waals surface area contributed by atoms with Crippen LogP contribution in [0.2, 0.25) is 5.02 Å². The third kappa shape index (κ3) is 4.76. The maximum absolute atomic E-state index is 13.4. The predicted molar refractivity (Wildman–Crippen MR) is 100 cm³/mol. The van der Waals surface area contributed by atoms with Crippen molar-refractivity contribution in [2.24, 2.45) is 11.8 Å². The molecule has 0 saturated carbocycles. The number of aliphatic hydroxyl groups is 1. The Balaban J connectivity index is 2.38. The fourth-order valence-electron chi connectivity index (χ4n) is 3.46. The average molecular weight is 399 g/mol. The van der Waals surface area contributed by atoms with Crippen LogP contribution in [0.4, 0.5) is 0 Å². The summed E-state index contributed by atoms with van der Waals surface area (Å²) in [5.41, 5.74) is 1.34. The molecule has 4 N–H and O–H groups in total. The van der Waals surface area contributed by atoms with Gasteiger partial charge in [-0.25, -0.2) is 5.48 Å². The lowest BCUT2D eigenvalue weighted by molar-refractivity contribution is -0.156. The van der Waals surface area contributed by atoms with Crippen molar-refractivity contribution in [3.63, 3.8) is 0 Å². The molecule has 1 aromatic heterocycles. The zero-order valence-electron chi connectivity index (χ0n) is 15.8. The van der Waals surface area contributed by atoms with Crippen molar-refractivity contribution in [2.75, 3.05) is 19.6 Å². The van der Waals surface area contributed by atoms with Gasteiger partial charge in [-0.1, -0.05) is 25.4 Å². The summed E-state index contributed by atoms with van der Waals surface area (Å²) in [4.78, 5) is 31.2. The second kappa shape index (κ2) is 8.97. The van der Waals surface area contributed by atoms with Crippen LogP contribution < -0.4 is 10.8 Å². The maximum Gasteiger partial charge on any atom is 0.272 e. The highest BCUT2D eigenvalue weighted by Gasteiger charge is 2.45. The van der Waals surface area contributed by atoms with Crippen molar-refractivity contribution in [3.05, 3.63) is 29.0 Å². The van der Waals surface area contributed by atoms with Crippen LogP contribution in [-0.4, -0.2) is 57.8 Å². The molecule has 3 atom stereocenters. The SMILES string of the molecule is CC(C)C[C@H](C(=O)N1CCNC[C@]1(C)c1ccc(Cl)cn1)[C@@H](O)C(=O)NO. The first-order chi connectivity index (χ1) is 12.7. The van der Waals surface area contributed by atoms with E-state index in [9.17, 15) is 14.7 Å². The Morgan fingerprint density at radius 3 is 2.70 bits per heavy atom. The molecule has 1 saturated heterocycles. The van der Waals surface area contributed by atoms with Gasteiger partial charge in [-0.3, -0.25) is 19.8 Å². The van der Waals surface area contributed by atoms with E-state index in [0.717, 1.165) is 0 Å². The smallest absolute Gasteiger partial charge is 0.272 e. The molecule has 0 aliphatic carbocycles. The molecule has 0 radical (unpaired) electrons. The number of carbonyl (C=O) groups is 2. The predicted octanol–water partition coefficient (Wildman–Crippen LogP) is 0.911. The fourth-order valence-corrected chi connectivity index (χ4v) is 3.57. The Bertz CT molecular complexity index is 670. The molecular weight excluding hydrogens is 372 g/mol. The number of hydrogen-bond donors (Lipinski definition) is 4. The van der Waals surface area contributed by atoms with Gasteiger partial charge in [0.1, 0.15) is 6.10 Å².